The number of allylic oxidation sites excluding steroid dienone is 2. The van der Waals surface area contributed by atoms with Crippen LogP contribution >= 0.6 is 0 Å². The number of likely N-dealkylation sites (tertiary alicyclic amines) is 1. The van der Waals surface area contributed by atoms with Crippen LogP contribution in [0.15, 0.2) is 59.8 Å². The Morgan fingerprint density at radius 2 is 1.94 bits per heavy atom. The fourth-order valence-corrected chi connectivity index (χ4v) is 6.05. The van der Waals surface area contributed by atoms with Crippen molar-refractivity contribution in [2.45, 2.75) is 45.1 Å². The average Bonchev–Trinajstić information content (AvgIpc) is 3.39. The summed E-state index contributed by atoms with van der Waals surface area (Å²) >= 11 is 0. The van der Waals surface area contributed by atoms with Gasteiger partial charge in [0.2, 0.25) is 11.8 Å². The van der Waals surface area contributed by atoms with Crippen molar-refractivity contribution >= 4 is 23.5 Å². The number of carbonyl (C=O) groups is 2. The Balaban J connectivity index is 1.42. The van der Waals surface area contributed by atoms with Crippen LogP contribution in [0.1, 0.15) is 50.3 Å². The average molecular weight is 473 g/mol. The molecular formula is C29H32N2O4. The lowest BCUT2D eigenvalue weighted by molar-refractivity contribution is -0.138. The summed E-state index contributed by atoms with van der Waals surface area (Å²) in [5, 5.41) is 9.65. The van der Waals surface area contributed by atoms with E-state index in [0.29, 0.717) is 13.0 Å². The minimum Gasteiger partial charge on any atom is -0.508 e. The van der Waals surface area contributed by atoms with E-state index in [1.54, 1.807) is 25.4 Å². The Hall–Kier alpha value is -3.25. The van der Waals surface area contributed by atoms with E-state index in [9.17, 15) is 14.7 Å². The van der Waals surface area contributed by atoms with E-state index in [1.165, 1.54) is 16.0 Å². The van der Waals surface area contributed by atoms with Gasteiger partial charge in [-0.1, -0.05) is 37.1 Å². The van der Waals surface area contributed by atoms with Crippen LogP contribution < -0.4 is 0 Å². The van der Waals surface area contributed by atoms with Gasteiger partial charge in [0.05, 0.1) is 30.2 Å². The number of aromatic nitrogens is 1. The van der Waals surface area contributed by atoms with Crippen LogP contribution in [0.5, 0.6) is 5.75 Å². The molecular weight excluding hydrogens is 440 g/mol. The van der Waals surface area contributed by atoms with Gasteiger partial charge in [0.25, 0.3) is 0 Å². The van der Waals surface area contributed by atoms with Gasteiger partial charge in [-0.2, -0.15) is 0 Å². The van der Waals surface area contributed by atoms with Crippen molar-refractivity contribution < 1.29 is 19.4 Å². The zero-order valence-corrected chi connectivity index (χ0v) is 20.3. The first kappa shape index (κ1) is 23.5. The standard InChI is InChI=1S/C29H32N2O4/c1-3-6-20-16-22-27(29(34)31(2)28(22)33)23-17-35-25(26(20)23)13-10-19(24-7-4-5-14-30-24)15-18-8-11-21(32)12-9-18/h4-5,7-9,11-12,14-15,22-23,25,27,32H,3,6,10,13,16-17H2,1-2H3/b19-15-/t22-,23+,25-,27-/m1/s1. The molecule has 35 heavy (non-hydrogen) atoms. The van der Waals surface area contributed by atoms with Crippen LogP contribution in [-0.2, 0) is 14.3 Å². The normalized spacial score (nSPS) is 26.3. The number of amides is 2. The smallest absolute Gasteiger partial charge is 0.233 e. The summed E-state index contributed by atoms with van der Waals surface area (Å²) in [5.74, 6) is -0.363. The molecule has 0 radical (unpaired) electrons. The zero-order valence-electron chi connectivity index (χ0n) is 20.3. The maximum Gasteiger partial charge on any atom is 0.233 e. The third kappa shape index (κ3) is 4.43. The van der Waals surface area contributed by atoms with E-state index in [0.717, 1.165) is 42.5 Å². The van der Waals surface area contributed by atoms with Crippen LogP contribution in [0, 0.1) is 17.8 Å². The summed E-state index contributed by atoms with van der Waals surface area (Å²) in [7, 11) is 1.61. The van der Waals surface area contributed by atoms with Crippen LogP contribution in [-0.4, -0.2) is 46.6 Å². The molecule has 3 aliphatic rings. The second-order valence-electron chi connectivity index (χ2n) is 9.82. The van der Waals surface area contributed by atoms with E-state index in [4.69, 9.17) is 4.74 Å². The summed E-state index contributed by atoms with van der Waals surface area (Å²) in [6.45, 7) is 2.66. The molecule has 0 bridgehead atoms. The van der Waals surface area contributed by atoms with E-state index < -0.39 is 0 Å². The molecule has 1 N–H and O–H groups in total. The third-order valence-corrected chi connectivity index (χ3v) is 7.68. The summed E-state index contributed by atoms with van der Waals surface area (Å²) in [5.41, 5.74) is 5.61. The number of phenolic OH excluding ortho intramolecular Hbond substituents is 1. The van der Waals surface area contributed by atoms with Gasteiger partial charge in [-0.25, -0.2) is 0 Å². The second kappa shape index (κ2) is 9.78. The monoisotopic (exact) mass is 472 g/mol. The number of nitrogens with zero attached hydrogens (tertiary/aromatic N) is 2. The molecule has 0 unspecified atom stereocenters. The number of ether oxygens (including phenoxy) is 1. The van der Waals surface area contributed by atoms with E-state index in [-0.39, 0.29) is 41.4 Å². The van der Waals surface area contributed by atoms with Crippen molar-refractivity contribution in [2.75, 3.05) is 13.7 Å². The number of carbonyl (C=O) groups excluding carboxylic acids is 2. The van der Waals surface area contributed by atoms with Crippen molar-refractivity contribution in [3.63, 3.8) is 0 Å². The number of aromatic hydroxyl groups is 1. The lowest BCUT2D eigenvalue weighted by atomic mass is 9.68. The first-order chi connectivity index (χ1) is 17.0. The maximum atomic E-state index is 12.9. The van der Waals surface area contributed by atoms with Crippen LogP contribution in [0.2, 0.25) is 0 Å². The van der Waals surface area contributed by atoms with Crippen molar-refractivity contribution in [2.24, 2.45) is 17.8 Å². The fraction of sp³-hybridized carbons (Fsp3) is 0.414. The van der Waals surface area contributed by atoms with Crippen molar-refractivity contribution in [3.05, 3.63) is 71.1 Å². The summed E-state index contributed by atoms with van der Waals surface area (Å²) in [4.78, 5) is 31.6. The van der Waals surface area contributed by atoms with E-state index in [2.05, 4.69) is 18.0 Å². The molecule has 1 aliphatic carbocycles. The van der Waals surface area contributed by atoms with E-state index >= 15 is 0 Å². The highest BCUT2D eigenvalue weighted by Gasteiger charge is 2.55. The molecule has 182 valence electrons. The molecule has 2 saturated heterocycles. The predicted molar refractivity (Wildman–Crippen MR) is 134 cm³/mol. The number of rotatable bonds is 7. The number of benzene rings is 1. The van der Waals surface area contributed by atoms with Crippen LogP contribution in [0.3, 0.4) is 0 Å². The van der Waals surface area contributed by atoms with Gasteiger partial charge in [0.1, 0.15) is 5.75 Å². The first-order valence-corrected chi connectivity index (χ1v) is 12.5. The largest absolute Gasteiger partial charge is 0.508 e. The molecule has 2 aromatic rings. The Kier molecular flexibility index (Phi) is 6.56. The van der Waals surface area contributed by atoms with Gasteiger partial charge in [0, 0.05) is 19.2 Å². The molecule has 0 spiro atoms. The second-order valence-corrected chi connectivity index (χ2v) is 9.82. The van der Waals surface area contributed by atoms with Crippen molar-refractivity contribution in [3.8, 4) is 5.75 Å². The molecule has 2 amide bonds. The molecule has 1 aromatic heterocycles. The first-order valence-electron chi connectivity index (χ1n) is 12.5. The molecule has 0 saturated carbocycles. The topological polar surface area (TPSA) is 79.7 Å². The molecule has 2 aliphatic heterocycles. The van der Waals surface area contributed by atoms with Gasteiger partial charge in [0.15, 0.2) is 0 Å². The van der Waals surface area contributed by atoms with Crippen molar-refractivity contribution in [1.82, 2.24) is 9.88 Å². The van der Waals surface area contributed by atoms with Gasteiger partial charge in [-0.05, 0) is 72.7 Å². The lowest BCUT2D eigenvalue weighted by Crippen LogP contribution is -2.34. The quantitative estimate of drug-likeness (QED) is 0.460. The Morgan fingerprint density at radius 1 is 1.14 bits per heavy atom. The SMILES string of the molecule is CCCC1=C2[C@@H](CC/C(=C/c3ccc(O)cc3)c3ccccn3)OC[C@@H]2[C@@H]2C(=O)N(C)C(=O)[C@@H]2C1. The van der Waals surface area contributed by atoms with Gasteiger partial charge >= 0.3 is 0 Å². The van der Waals surface area contributed by atoms with Gasteiger partial charge < -0.3 is 9.84 Å². The molecule has 1 aromatic carbocycles. The minimum atomic E-state index is -0.282. The van der Waals surface area contributed by atoms with Crippen LogP contribution in [0.4, 0.5) is 0 Å². The molecule has 5 rings (SSSR count). The van der Waals surface area contributed by atoms with Gasteiger partial charge in [-0.15, -0.1) is 0 Å². The van der Waals surface area contributed by atoms with Gasteiger partial charge in [-0.3, -0.25) is 19.5 Å². The number of phenols is 1. The number of hydrogen-bond acceptors (Lipinski definition) is 5. The number of hydrogen-bond donors (Lipinski definition) is 1. The molecule has 6 nitrogen and oxygen atoms in total. The Bertz CT molecular complexity index is 1170. The Morgan fingerprint density at radius 3 is 2.66 bits per heavy atom. The fourth-order valence-electron chi connectivity index (χ4n) is 6.05. The van der Waals surface area contributed by atoms with Crippen LogP contribution in [0.25, 0.3) is 11.6 Å². The molecule has 4 atom stereocenters. The number of pyridine rings is 1. The highest BCUT2D eigenvalue weighted by molar-refractivity contribution is 6.05. The molecule has 3 heterocycles. The minimum absolute atomic E-state index is 0.000999. The lowest BCUT2D eigenvalue weighted by Gasteiger charge is -2.32. The highest BCUT2D eigenvalue weighted by Crippen LogP contribution is 2.50. The predicted octanol–water partition coefficient (Wildman–Crippen LogP) is 4.85. The van der Waals surface area contributed by atoms with Crippen molar-refractivity contribution in [1.29, 1.82) is 0 Å². The summed E-state index contributed by atoms with van der Waals surface area (Å²) < 4.78 is 6.34. The summed E-state index contributed by atoms with van der Waals surface area (Å²) in [6, 6.07) is 13.1. The number of fused-ring (bicyclic) bond motifs is 3. The maximum absolute atomic E-state index is 12.9. The third-order valence-electron chi connectivity index (χ3n) is 7.68. The Labute approximate surface area is 206 Å². The summed E-state index contributed by atoms with van der Waals surface area (Å²) in [6.07, 6.45) is 8.03. The number of imide groups is 1. The van der Waals surface area contributed by atoms with E-state index in [1.807, 2.05) is 30.3 Å². The molecule has 2 fully saturated rings. The zero-order chi connectivity index (χ0) is 24.5. The molecule has 6 heteroatoms. The highest BCUT2D eigenvalue weighted by atomic mass is 16.5.